The van der Waals surface area contributed by atoms with Crippen LogP contribution in [0.5, 0.6) is 0 Å². The highest BCUT2D eigenvalue weighted by molar-refractivity contribution is 7.86. The molecule has 9 heteroatoms. The van der Waals surface area contributed by atoms with Gasteiger partial charge in [-0.2, -0.15) is 16.8 Å². The van der Waals surface area contributed by atoms with Gasteiger partial charge in [0.15, 0.2) is 0 Å². The van der Waals surface area contributed by atoms with Crippen molar-refractivity contribution in [1.82, 2.24) is 0 Å². The van der Waals surface area contributed by atoms with Crippen molar-refractivity contribution in [3.8, 4) is 0 Å². The Hall–Kier alpha value is -1.00. The van der Waals surface area contributed by atoms with Gasteiger partial charge in [0.1, 0.15) is 0 Å². The molecule has 0 saturated heterocycles. The zero-order valence-electron chi connectivity index (χ0n) is 9.64. The molecule has 0 spiro atoms. The number of rotatable bonds is 3. The summed E-state index contributed by atoms with van der Waals surface area (Å²) in [6, 6.07) is 5.99. The number of hydrogen-bond acceptors (Lipinski definition) is 5. The average Bonchev–Trinajstić information content (AvgIpc) is 2.15. The summed E-state index contributed by atoms with van der Waals surface area (Å²) in [6.07, 6.45) is 0. The van der Waals surface area contributed by atoms with E-state index in [1.54, 1.807) is 12.1 Å². The van der Waals surface area contributed by atoms with E-state index in [-0.39, 0.29) is 17.2 Å². The molecule has 18 heavy (non-hydrogen) atoms. The van der Waals surface area contributed by atoms with Gasteiger partial charge in [0.25, 0.3) is 20.2 Å². The summed E-state index contributed by atoms with van der Waals surface area (Å²) in [5.41, 5.74) is 5.73. The molecular formula is C9H15NO6S2. The van der Waals surface area contributed by atoms with E-state index >= 15 is 0 Å². The quantitative estimate of drug-likeness (QED) is 0.672. The third-order valence-corrected chi connectivity index (χ3v) is 3.31. The fourth-order valence-electron chi connectivity index (χ4n) is 0.859. The summed E-state index contributed by atoms with van der Waals surface area (Å²) in [5, 5.41) is 0. The fourth-order valence-corrected chi connectivity index (χ4v) is 1.64. The Labute approximate surface area is 106 Å². The number of benzene rings is 1. The Balaban J connectivity index is 0.000000360. The number of nitrogens with two attached hydrogens (primary N) is 1. The largest absolute Gasteiger partial charge is 0.329 e. The van der Waals surface area contributed by atoms with Gasteiger partial charge in [0.05, 0.1) is 10.6 Å². The lowest BCUT2D eigenvalue weighted by Crippen LogP contribution is -2.13. The van der Waals surface area contributed by atoms with E-state index in [9.17, 15) is 16.8 Å². The minimum atomic E-state index is -4.02. The summed E-state index contributed by atoms with van der Waals surface area (Å²) in [4.78, 5) is -0.0666. The normalized spacial score (nSPS) is 11.6. The van der Waals surface area contributed by atoms with E-state index < -0.39 is 20.2 Å². The molecule has 4 N–H and O–H groups in total. The van der Waals surface area contributed by atoms with Crippen molar-refractivity contribution in [2.75, 3.05) is 12.3 Å². The second-order valence-corrected chi connectivity index (χ2v) is 6.36. The van der Waals surface area contributed by atoms with Crippen molar-refractivity contribution in [2.45, 2.75) is 11.8 Å². The standard InChI is InChI=1S/C7H8O3S.C2H7NO3S/c1-6-2-4-7(5-3-6)11(8,9)10;3-1-2-7(4,5)6/h2-5H,1H3,(H,8,9,10);1-3H2,(H,4,5,6). The molecule has 7 nitrogen and oxygen atoms in total. The zero-order chi connectivity index (χ0) is 14.4. The molecule has 0 heterocycles. The van der Waals surface area contributed by atoms with E-state index in [0.717, 1.165) is 5.56 Å². The first-order valence-electron chi connectivity index (χ1n) is 4.75. The topological polar surface area (TPSA) is 135 Å². The van der Waals surface area contributed by atoms with Crippen molar-refractivity contribution >= 4 is 20.2 Å². The third-order valence-electron chi connectivity index (χ3n) is 1.69. The van der Waals surface area contributed by atoms with Crippen LogP contribution < -0.4 is 5.73 Å². The highest BCUT2D eigenvalue weighted by Gasteiger charge is 2.06. The van der Waals surface area contributed by atoms with E-state index in [4.69, 9.17) is 14.8 Å². The summed E-state index contributed by atoms with van der Waals surface area (Å²) in [7, 11) is -7.82. The monoisotopic (exact) mass is 297 g/mol. The molecule has 0 aliphatic rings. The van der Waals surface area contributed by atoms with Gasteiger partial charge in [-0.3, -0.25) is 9.11 Å². The van der Waals surface area contributed by atoms with E-state index in [1.165, 1.54) is 12.1 Å². The molecule has 0 saturated carbocycles. The van der Waals surface area contributed by atoms with E-state index in [0.29, 0.717) is 0 Å². The maximum Gasteiger partial charge on any atom is 0.294 e. The highest BCUT2D eigenvalue weighted by Crippen LogP contribution is 2.08. The van der Waals surface area contributed by atoms with Gasteiger partial charge in [0.2, 0.25) is 0 Å². The third kappa shape index (κ3) is 8.14. The molecule has 0 fully saturated rings. The zero-order valence-corrected chi connectivity index (χ0v) is 11.3. The Bertz CT molecular complexity index is 562. The van der Waals surface area contributed by atoms with Gasteiger partial charge in [0, 0.05) is 6.54 Å². The molecule has 0 aliphatic heterocycles. The van der Waals surface area contributed by atoms with Crippen LogP contribution in [0.25, 0.3) is 0 Å². The van der Waals surface area contributed by atoms with Crippen molar-refractivity contribution in [1.29, 1.82) is 0 Å². The lowest BCUT2D eigenvalue weighted by atomic mass is 10.2. The van der Waals surface area contributed by atoms with Crippen LogP contribution in [0.1, 0.15) is 5.56 Å². The van der Waals surface area contributed by atoms with Gasteiger partial charge in [-0.25, -0.2) is 0 Å². The Morgan fingerprint density at radius 3 is 1.72 bits per heavy atom. The van der Waals surface area contributed by atoms with Gasteiger partial charge >= 0.3 is 0 Å². The first-order valence-corrected chi connectivity index (χ1v) is 7.80. The SMILES string of the molecule is Cc1ccc(S(=O)(=O)O)cc1.NCCS(=O)(=O)O. The van der Waals surface area contributed by atoms with Gasteiger partial charge in [-0.05, 0) is 19.1 Å². The van der Waals surface area contributed by atoms with Gasteiger partial charge in [-0.1, -0.05) is 17.7 Å². The summed E-state index contributed by atoms with van der Waals surface area (Å²) in [6.45, 7) is 1.81. The molecule has 0 unspecified atom stereocenters. The Morgan fingerprint density at radius 1 is 1.06 bits per heavy atom. The molecule has 104 valence electrons. The summed E-state index contributed by atoms with van der Waals surface area (Å²) < 4.78 is 56.9. The molecule has 0 radical (unpaired) electrons. The average molecular weight is 297 g/mol. The lowest BCUT2D eigenvalue weighted by molar-refractivity contribution is 0.481. The summed E-state index contributed by atoms with van der Waals surface area (Å²) >= 11 is 0. The molecule has 1 rings (SSSR count). The predicted molar refractivity (Wildman–Crippen MR) is 66.5 cm³/mol. The second kappa shape index (κ2) is 6.81. The van der Waals surface area contributed by atoms with E-state index in [2.05, 4.69) is 0 Å². The van der Waals surface area contributed by atoms with Crippen LogP contribution in [-0.4, -0.2) is 38.2 Å². The first-order chi connectivity index (χ1) is 8.06. The molecule has 0 amide bonds. The van der Waals surface area contributed by atoms with Crippen LogP contribution in [0.15, 0.2) is 29.2 Å². The maximum absolute atomic E-state index is 10.5. The smallest absolute Gasteiger partial charge is 0.294 e. The maximum atomic E-state index is 10.5. The molecule has 0 aliphatic carbocycles. The van der Waals surface area contributed by atoms with Crippen molar-refractivity contribution in [3.05, 3.63) is 29.8 Å². The highest BCUT2D eigenvalue weighted by atomic mass is 32.2. The number of hydrogen-bond donors (Lipinski definition) is 3. The number of aryl methyl sites for hydroxylation is 1. The van der Waals surface area contributed by atoms with Gasteiger partial charge < -0.3 is 5.73 Å². The van der Waals surface area contributed by atoms with Crippen molar-refractivity contribution in [3.63, 3.8) is 0 Å². The summed E-state index contributed by atoms with van der Waals surface area (Å²) in [5.74, 6) is -0.354. The van der Waals surface area contributed by atoms with Crippen LogP contribution in [0.3, 0.4) is 0 Å². The Morgan fingerprint density at radius 2 is 1.50 bits per heavy atom. The predicted octanol–water partition coefficient (Wildman–Crippen LogP) is 0.0746. The fraction of sp³-hybridized carbons (Fsp3) is 0.333. The van der Waals surface area contributed by atoms with Crippen LogP contribution in [-0.2, 0) is 20.2 Å². The van der Waals surface area contributed by atoms with Crippen LogP contribution in [0.2, 0.25) is 0 Å². The molecular weight excluding hydrogens is 282 g/mol. The molecule has 0 aromatic heterocycles. The minimum Gasteiger partial charge on any atom is -0.329 e. The van der Waals surface area contributed by atoms with E-state index in [1.807, 2.05) is 6.92 Å². The second-order valence-electron chi connectivity index (χ2n) is 3.36. The van der Waals surface area contributed by atoms with Crippen molar-refractivity contribution in [2.24, 2.45) is 5.73 Å². The first kappa shape index (κ1) is 17.0. The van der Waals surface area contributed by atoms with Crippen molar-refractivity contribution < 1.29 is 25.9 Å². The lowest BCUT2D eigenvalue weighted by Gasteiger charge is -1.95. The van der Waals surface area contributed by atoms with Crippen LogP contribution >= 0.6 is 0 Å². The molecule has 1 aromatic rings. The molecule has 0 atom stereocenters. The minimum absolute atomic E-state index is 0.0289. The molecule has 1 aromatic carbocycles. The van der Waals surface area contributed by atoms with Crippen LogP contribution in [0.4, 0.5) is 0 Å². The molecule has 0 bridgehead atoms. The Kier molecular flexibility index (Phi) is 6.43. The van der Waals surface area contributed by atoms with Crippen LogP contribution in [0, 0.1) is 6.92 Å². The van der Waals surface area contributed by atoms with Gasteiger partial charge in [-0.15, -0.1) is 0 Å².